The zero-order valence-electron chi connectivity index (χ0n) is 10.6. The van der Waals surface area contributed by atoms with Crippen molar-refractivity contribution in [3.63, 3.8) is 0 Å². The predicted molar refractivity (Wildman–Crippen MR) is 70.5 cm³/mol. The maximum absolute atomic E-state index is 5.37. The Morgan fingerprint density at radius 1 is 1.35 bits per heavy atom. The summed E-state index contributed by atoms with van der Waals surface area (Å²) in [6, 6.07) is 2.62. The second-order valence-corrected chi connectivity index (χ2v) is 4.50. The minimum atomic E-state index is 0.414. The number of nitrogens with one attached hydrogen (secondary N) is 2. The van der Waals surface area contributed by atoms with Crippen molar-refractivity contribution in [2.24, 2.45) is 0 Å². The zero-order valence-corrected chi connectivity index (χ0v) is 10.6. The van der Waals surface area contributed by atoms with Gasteiger partial charge in [0.15, 0.2) is 0 Å². The van der Waals surface area contributed by atoms with Crippen molar-refractivity contribution in [1.29, 1.82) is 0 Å². The summed E-state index contributed by atoms with van der Waals surface area (Å²) in [4.78, 5) is 4.23. The average molecular weight is 235 g/mol. The Balaban J connectivity index is 1.92. The van der Waals surface area contributed by atoms with Crippen LogP contribution >= 0.6 is 0 Å². The van der Waals surface area contributed by atoms with E-state index in [1.807, 2.05) is 12.4 Å². The highest BCUT2D eigenvalue weighted by Gasteiger charge is 2.24. The SMILES string of the molecule is CCNc1cncc(NC2CCC(OC)C2)c1. The highest BCUT2D eigenvalue weighted by Crippen LogP contribution is 2.25. The zero-order chi connectivity index (χ0) is 12.1. The molecular weight excluding hydrogens is 214 g/mol. The van der Waals surface area contributed by atoms with E-state index in [9.17, 15) is 0 Å². The molecule has 94 valence electrons. The second-order valence-electron chi connectivity index (χ2n) is 4.50. The van der Waals surface area contributed by atoms with Crippen molar-refractivity contribution in [2.45, 2.75) is 38.3 Å². The van der Waals surface area contributed by atoms with Gasteiger partial charge in [-0.05, 0) is 32.3 Å². The fourth-order valence-electron chi connectivity index (χ4n) is 2.34. The molecule has 0 aromatic carbocycles. The molecule has 0 radical (unpaired) electrons. The average Bonchev–Trinajstić information content (AvgIpc) is 2.78. The van der Waals surface area contributed by atoms with Crippen LogP contribution in [0.25, 0.3) is 0 Å². The van der Waals surface area contributed by atoms with Crippen LogP contribution < -0.4 is 10.6 Å². The van der Waals surface area contributed by atoms with Gasteiger partial charge in [0.2, 0.25) is 0 Å². The summed E-state index contributed by atoms with van der Waals surface area (Å²) in [6.45, 7) is 3.00. The first-order valence-electron chi connectivity index (χ1n) is 6.30. The van der Waals surface area contributed by atoms with Crippen molar-refractivity contribution < 1.29 is 4.74 Å². The van der Waals surface area contributed by atoms with Gasteiger partial charge in [-0.1, -0.05) is 0 Å². The van der Waals surface area contributed by atoms with E-state index in [-0.39, 0.29) is 0 Å². The number of methoxy groups -OCH3 is 1. The van der Waals surface area contributed by atoms with Crippen LogP contribution in [-0.2, 0) is 4.74 Å². The van der Waals surface area contributed by atoms with E-state index < -0.39 is 0 Å². The molecule has 17 heavy (non-hydrogen) atoms. The first-order chi connectivity index (χ1) is 8.31. The molecule has 1 heterocycles. The van der Waals surface area contributed by atoms with Gasteiger partial charge in [0.1, 0.15) is 0 Å². The summed E-state index contributed by atoms with van der Waals surface area (Å²) < 4.78 is 5.37. The Bertz CT molecular complexity index is 356. The highest BCUT2D eigenvalue weighted by atomic mass is 16.5. The lowest BCUT2D eigenvalue weighted by Crippen LogP contribution is -2.17. The van der Waals surface area contributed by atoms with E-state index in [0.717, 1.165) is 30.8 Å². The first-order valence-corrected chi connectivity index (χ1v) is 6.30. The fraction of sp³-hybridized carbons (Fsp3) is 0.615. The smallest absolute Gasteiger partial charge is 0.0591 e. The largest absolute Gasteiger partial charge is 0.384 e. The Hall–Kier alpha value is -1.29. The molecule has 1 saturated carbocycles. The number of anilines is 2. The Morgan fingerprint density at radius 3 is 2.88 bits per heavy atom. The molecule has 0 bridgehead atoms. The molecule has 1 aliphatic rings. The number of hydrogen-bond acceptors (Lipinski definition) is 4. The molecule has 4 heteroatoms. The number of nitrogens with zero attached hydrogens (tertiary/aromatic N) is 1. The third kappa shape index (κ3) is 3.33. The molecule has 1 fully saturated rings. The lowest BCUT2D eigenvalue weighted by Gasteiger charge is -2.15. The molecule has 2 rings (SSSR count). The number of pyridine rings is 1. The maximum atomic E-state index is 5.37. The minimum absolute atomic E-state index is 0.414. The summed E-state index contributed by atoms with van der Waals surface area (Å²) in [5.74, 6) is 0. The maximum Gasteiger partial charge on any atom is 0.0591 e. The number of aromatic nitrogens is 1. The summed E-state index contributed by atoms with van der Waals surface area (Å²) in [7, 11) is 1.79. The minimum Gasteiger partial charge on any atom is -0.384 e. The lowest BCUT2D eigenvalue weighted by atomic mass is 10.2. The van der Waals surface area contributed by atoms with Crippen LogP contribution in [0.3, 0.4) is 0 Å². The van der Waals surface area contributed by atoms with Gasteiger partial charge in [-0.2, -0.15) is 0 Å². The summed E-state index contributed by atoms with van der Waals surface area (Å²) in [6.07, 6.45) is 7.54. The van der Waals surface area contributed by atoms with Gasteiger partial charge in [-0.3, -0.25) is 4.98 Å². The Morgan fingerprint density at radius 2 is 2.18 bits per heavy atom. The molecule has 1 aliphatic carbocycles. The second kappa shape index (κ2) is 5.87. The molecule has 0 saturated heterocycles. The third-order valence-corrected chi connectivity index (χ3v) is 3.21. The number of hydrogen-bond donors (Lipinski definition) is 2. The summed E-state index contributed by atoms with van der Waals surface area (Å²) >= 11 is 0. The first kappa shape index (κ1) is 12.2. The van der Waals surface area contributed by atoms with Gasteiger partial charge in [0.05, 0.1) is 29.9 Å². The van der Waals surface area contributed by atoms with Crippen molar-refractivity contribution in [1.82, 2.24) is 4.98 Å². The molecule has 1 aromatic rings. The predicted octanol–water partition coefficient (Wildman–Crippen LogP) is 2.49. The van der Waals surface area contributed by atoms with E-state index >= 15 is 0 Å². The molecule has 0 amide bonds. The molecule has 1 aromatic heterocycles. The third-order valence-electron chi connectivity index (χ3n) is 3.21. The highest BCUT2D eigenvalue weighted by molar-refractivity contribution is 5.54. The summed E-state index contributed by atoms with van der Waals surface area (Å²) in [5, 5.41) is 6.79. The van der Waals surface area contributed by atoms with Gasteiger partial charge in [-0.15, -0.1) is 0 Å². The van der Waals surface area contributed by atoms with Gasteiger partial charge in [0.25, 0.3) is 0 Å². The lowest BCUT2D eigenvalue weighted by molar-refractivity contribution is 0.108. The van der Waals surface area contributed by atoms with Crippen LogP contribution in [-0.4, -0.2) is 30.8 Å². The van der Waals surface area contributed by atoms with Crippen LogP contribution in [0.4, 0.5) is 11.4 Å². The van der Waals surface area contributed by atoms with E-state index in [0.29, 0.717) is 12.1 Å². The monoisotopic (exact) mass is 235 g/mol. The number of ether oxygens (including phenoxy) is 1. The topological polar surface area (TPSA) is 46.2 Å². The molecular formula is C13H21N3O. The fourth-order valence-corrected chi connectivity index (χ4v) is 2.34. The van der Waals surface area contributed by atoms with Crippen molar-refractivity contribution in [3.05, 3.63) is 18.5 Å². The van der Waals surface area contributed by atoms with E-state index in [2.05, 4.69) is 28.6 Å². The Labute approximate surface area is 103 Å². The van der Waals surface area contributed by atoms with Gasteiger partial charge in [-0.25, -0.2) is 0 Å². The van der Waals surface area contributed by atoms with Crippen molar-refractivity contribution in [2.75, 3.05) is 24.3 Å². The standard InChI is InChI=1S/C13H21N3O/c1-3-15-11-6-12(9-14-8-11)16-10-4-5-13(7-10)17-2/h6,8-10,13,15-16H,3-5,7H2,1-2H3. The van der Waals surface area contributed by atoms with Gasteiger partial charge < -0.3 is 15.4 Å². The van der Waals surface area contributed by atoms with Gasteiger partial charge >= 0.3 is 0 Å². The molecule has 4 nitrogen and oxygen atoms in total. The molecule has 2 N–H and O–H groups in total. The van der Waals surface area contributed by atoms with Crippen LogP contribution in [0, 0.1) is 0 Å². The summed E-state index contributed by atoms with van der Waals surface area (Å²) in [5.41, 5.74) is 2.16. The Kier molecular flexibility index (Phi) is 4.20. The van der Waals surface area contributed by atoms with Gasteiger partial charge in [0, 0.05) is 19.7 Å². The van der Waals surface area contributed by atoms with Crippen LogP contribution in [0.1, 0.15) is 26.2 Å². The number of rotatable bonds is 5. The molecule has 0 spiro atoms. The van der Waals surface area contributed by atoms with Crippen molar-refractivity contribution >= 4 is 11.4 Å². The van der Waals surface area contributed by atoms with E-state index in [4.69, 9.17) is 4.74 Å². The van der Waals surface area contributed by atoms with Crippen LogP contribution in [0.5, 0.6) is 0 Å². The molecule has 2 atom stereocenters. The van der Waals surface area contributed by atoms with Crippen LogP contribution in [0.15, 0.2) is 18.5 Å². The normalized spacial score (nSPS) is 23.6. The van der Waals surface area contributed by atoms with E-state index in [1.165, 1.54) is 6.42 Å². The quantitative estimate of drug-likeness (QED) is 0.823. The molecule has 2 unspecified atom stereocenters. The van der Waals surface area contributed by atoms with Crippen LogP contribution in [0.2, 0.25) is 0 Å². The van der Waals surface area contributed by atoms with Crippen molar-refractivity contribution in [3.8, 4) is 0 Å². The molecule has 0 aliphatic heterocycles. The van der Waals surface area contributed by atoms with E-state index in [1.54, 1.807) is 7.11 Å².